The van der Waals surface area contributed by atoms with Crippen molar-refractivity contribution < 1.29 is 4.74 Å². The number of fused-ring (bicyclic) bond motifs is 2. The van der Waals surface area contributed by atoms with Gasteiger partial charge in [0.25, 0.3) is 0 Å². The smallest absolute Gasteiger partial charge is 0.119 e. The van der Waals surface area contributed by atoms with Crippen molar-refractivity contribution in [2.24, 2.45) is 0 Å². The summed E-state index contributed by atoms with van der Waals surface area (Å²) in [5, 5.41) is 0.826. The summed E-state index contributed by atoms with van der Waals surface area (Å²) >= 11 is 8.30. The molecule has 0 N–H and O–H groups in total. The first-order valence-corrected chi connectivity index (χ1v) is 12.2. The Morgan fingerprint density at radius 2 is 1.65 bits per heavy atom. The molecular weight excluding hydrogens is 424 g/mol. The fraction of sp³-hybridized carbons (Fsp3) is 0.308. The second kappa shape index (κ2) is 9.66. The highest BCUT2D eigenvalue weighted by Crippen LogP contribution is 2.43. The van der Waals surface area contributed by atoms with Crippen LogP contribution in [0.3, 0.4) is 0 Å². The first-order valence-electron chi connectivity index (χ1n) is 11.0. The van der Waals surface area contributed by atoms with E-state index in [1.165, 1.54) is 20.9 Å². The summed E-state index contributed by atoms with van der Waals surface area (Å²) in [5.41, 5.74) is 2.80. The zero-order valence-corrected chi connectivity index (χ0v) is 19.1. The Morgan fingerprint density at radius 1 is 0.871 bits per heavy atom. The summed E-state index contributed by atoms with van der Waals surface area (Å²) in [6.45, 7) is 5.96. The minimum Gasteiger partial charge on any atom is -0.492 e. The number of rotatable bonds is 5. The van der Waals surface area contributed by atoms with Gasteiger partial charge in [0.1, 0.15) is 12.4 Å². The molecule has 3 aromatic carbocycles. The third-order valence-corrected chi connectivity index (χ3v) is 7.65. The van der Waals surface area contributed by atoms with Crippen LogP contribution in [-0.2, 0) is 6.42 Å². The standard InChI is InChI=1S/C26H27ClN2OS/c27-21-10-11-26-23(19-21)24(18-20-6-4-5-9-25(20)31-26)29-14-12-28(13-15-29)16-17-30-22-7-2-1-3-8-22/h1-11,19,24H,12-18H2/t24-/m1/s1. The highest BCUT2D eigenvalue weighted by atomic mass is 35.5. The molecule has 31 heavy (non-hydrogen) atoms. The normalized spacial score (nSPS) is 19.3. The number of ether oxygens (including phenoxy) is 1. The Hall–Kier alpha value is -1.98. The molecule has 0 saturated carbocycles. The summed E-state index contributed by atoms with van der Waals surface area (Å²) in [6, 6.07) is 25.6. The van der Waals surface area contributed by atoms with Crippen LogP contribution in [0.4, 0.5) is 0 Å². The van der Waals surface area contributed by atoms with Gasteiger partial charge in [-0.25, -0.2) is 0 Å². The minimum atomic E-state index is 0.368. The lowest BCUT2D eigenvalue weighted by atomic mass is 9.96. The van der Waals surface area contributed by atoms with Crippen molar-refractivity contribution in [1.82, 2.24) is 9.80 Å². The molecule has 0 spiro atoms. The third kappa shape index (κ3) is 4.93. The highest BCUT2D eigenvalue weighted by Gasteiger charge is 2.30. The van der Waals surface area contributed by atoms with Crippen molar-refractivity contribution in [3.05, 3.63) is 88.9 Å². The van der Waals surface area contributed by atoms with Crippen LogP contribution in [0.5, 0.6) is 5.75 Å². The zero-order valence-electron chi connectivity index (χ0n) is 17.5. The Labute approximate surface area is 194 Å². The lowest BCUT2D eigenvalue weighted by Crippen LogP contribution is -2.49. The first kappa shape index (κ1) is 20.9. The molecular formula is C26H27ClN2OS. The molecule has 2 heterocycles. The predicted octanol–water partition coefficient (Wildman–Crippen LogP) is 5.79. The molecule has 1 atom stereocenters. The molecule has 0 bridgehead atoms. The Balaban J connectivity index is 1.25. The molecule has 3 aromatic rings. The second-order valence-corrected chi connectivity index (χ2v) is 9.67. The van der Waals surface area contributed by atoms with Gasteiger partial charge >= 0.3 is 0 Å². The van der Waals surface area contributed by atoms with E-state index in [2.05, 4.69) is 46.2 Å². The average molecular weight is 451 g/mol. The molecule has 5 rings (SSSR count). The fourth-order valence-electron chi connectivity index (χ4n) is 4.52. The van der Waals surface area contributed by atoms with Gasteiger partial charge in [0, 0.05) is 53.6 Å². The van der Waals surface area contributed by atoms with Crippen molar-refractivity contribution in [2.75, 3.05) is 39.3 Å². The number of hydrogen-bond donors (Lipinski definition) is 0. The van der Waals surface area contributed by atoms with Gasteiger partial charge < -0.3 is 4.74 Å². The van der Waals surface area contributed by atoms with Crippen LogP contribution in [0.25, 0.3) is 0 Å². The second-order valence-electron chi connectivity index (χ2n) is 8.15. The van der Waals surface area contributed by atoms with Crippen LogP contribution in [0.15, 0.2) is 82.6 Å². The third-order valence-electron chi connectivity index (χ3n) is 6.20. The van der Waals surface area contributed by atoms with E-state index in [0.717, 1.165) is 56.5 Å². The van der Waals surface area contributed by atoms with Gasteiger partial charge in [-0.1, -0.05) is 59.8 Å². The van der Waals surface area contributed by atoms with Crippen molar-refractivity contribution in [1.29, 1.82) is 0 Å². The summed E-state index contributed by atoms with van der Waals surface area (Å²) in [7, 11) is 0. The van der Waals surface area contributed by atoms with E-state index in [1.807, 2.05) is 48.2 Å². The van der Waals surface area contributed by atoms with Gasteiger partial charge in [-0.2, -0.15) is 0 Å². The largest absolute Gasteiger partial charge is 0.492 e. The lowest BCUT2D eigenvalue weighted by molar-refractivity contribution is 0.0850. The number of piperazine rings is 1. The van der Waals surface area contributed by atoms with E-state index in [9.17, 15) is 0 Å². The number of nitrogens with zero attached hydrogens (tertiary/aromatic N) is 2. The van der Waals surface area contributed by atoms with E-state index in [-0.39, 0.29) is 0 Å². The summed E-state index contributed by atoms with van der Waals surface area (Å²) in [4.78, 5) is 7.85. The van der Waals surface area contributed by atoms with Gasteiger partial charge in [-0.05, 0) is 53.9 Å². The zero-order chi connectivity index (χ0) is 21.0. The Bertz CT molecular complexity index is 1020. The summed E-state index contributed by atoms with van der Waals surface area (Å²) in [5.74, 6) is 0.948. The SMILES string of the molecule is Clc1ccc2c(c1)[C@H](N1CCN(CCOc3ccccc3)CC1)Cc1ccccc1S2. The summed E-state index contributed by atoms with van der Waals surface area (Å²) < 4.78 is 5.89. The van der Waals surface area contributed by atoms with Crippen LogP contribution in [0, 0.1) is 0 Å². The predicted molar refractivity (Wildman–Crippen MR) is 128 cm³/mol. The molecule has 2 aliphatic rings. The maximum Gasteiger partial charge on any atom is 0.119 e. The average Bonchev–Trinajstić information content (AvgIpc) is 2.97. The lowest BCUT2D eigenvalue weighted by Gasteiger charge is -2.39. The molecule has 0 radical (unpaired) electrons. The van der Waals surface area contributed by atoms with E-state index in [1.54, 1.807) is 0 Å². The van der Waals surface area contributed by atoms with Crippen LogP contribution < -0.4 is 4.74 Å². The summed E-state index contributed by atoms with van der Waals surface area (Å²) in [6.07, 6.45) is 1.04. The molecule has 0 aromatic heterocycles. The van der Waals surface area contributed by atoms with Gasteiger partial charge in [0.05, 0.1) is 0 Å². The quantitative estimate of drug-likeness (QED) is 0.489. The van der Waals surface area contributed by atoms with Gasteiger partial charge in [-0.3, -0.25) is 9.80 Å². The van der Waals surface area contributed by atoms with Crippen molar-refractivity contribution in [3.63, 3.8) is 0 Å². The first-order chi connectivity index (χ1) is 15.3. The van der Waals surface area contributed by atoms with Crippen LogP contribution in [0.1, 0.15) is 17.2 Å². The molecule has 0 amide bonds. The Morgan fingerprint density at radius 3 is 2.48 bits per heavy atom. The van der Waals surface area contributed by atoms with Crippen LogP contribution in [-0.4, -0.2) is 49.1 Å². The molecule has 3 nitrogen and oxygen atoms in total. The van der Waals surface area contributed by atoms with Crippen molar-refractivity contribution in [2.45, 2.75) is 22.3 Å². The van der Waals surface area contributed by atoms with E-state index in [4.69, 9.17) is 16.3 Å². The highest BCUT2D eigenvalue weighted by molar-refractivity contribution is 7.99. The maximum atomic E-state index is 6.43. The number of hydrogen-bond acceptors (Lipinski definition) is 4. The number of benzene rings is 3. The molecule has 2 aliphatic heterocycles. The molecule has 1 saturated heterocycles. The molecule has 5 heteroatoms. The minimum absolute atomic E-state index is 0.368. The van der Waals surface area contributed by atoms with Crippen LogP contribution >= 0.6 is 23.4 Å². The molecule has 1 fully saturated rings. The van der Waals surface area contributed by atoms with E-state index < -0.39 is 0 Å². The van der Waals surface area contributed by atoms with Crippen LogP contribution in [0.2, 0.25) is 5.02 Å². The maximum absolute atomic E-state index is 6.43. The number of halogens is 1. The van der Waals surface area contributed by atoms with Gasteiger partial charge in [-0.15, -0.1) is 0 Å². The van der Waals surface area contributed by atoms with Crippen molar-refractivity contribution >= 4 is 23.4 Å². The Kier molecular flexibility index (Phi) is 6.51. The van der Waals surface area contributed by atoms with E-state index >= 15 is 0 Å². The topological polar surface area (TPSA) is 15.7 Å². The number of para-hydroxylation sites is 1. The monoisotopic (exact) mass is 450 g/mol. The molecule has 0 unspecified atom stereocenters. The van der Waals surface area contributed by atoms with Gasteiger partial charge in [0.15, 0.2) is 0 Å². The molecule has 160 valence electrons. The molecule has 0 aliphatic carbocycles. The van der Waals surface area contributed by atoms with Crippen molar-refractivity contribution in [3.8, 4) is 5.75 Å². The van der Waals surface area contributed by atoms with E-state index in [0.29, 0.717) is 6.04 Å². The fourth-order valence-corrected chi connectivity index (χ4v) is 5.81. The van der Waals surface area contributed by atoms with Gasteiger partial charge in [0.2, 0.25) is 0 Å².